The summed E-state index contributed by atoms with van der Waals surface area (Å²) in [7, 11) is 0. The number of amides is 2. The van der Waals surface area contributed by atoms with Crippen molar-refractivity contribution >= 4 is 22.9 Å². The number of hydrogen-bond acceptors (Lipinski definition) is 2. The molecule has 1 saturated heterocycles. The highest BCUT2D eigenvalue weighted by atomic mass is 32.2. The minimum atomic E-state index is -0.251. The molecule has 0 aromatic carbocycles. The van der Waals surface area contributed by atoms with Crippen LogP contribution in [-0.4, -0.2) is 27.6 Å². The van der Waals surface area contributed by atoms with Crippen molar-refractivity contribution in [1.82, 2.24) is 4.31 Å². The van der Waals surface area contributed by atoms with Crippen LogP contribution in [0.15, 0.2) is 12.7 Å². The molecule has 3 nitrogen and oxygen atoms in total. The van der Waals surface area contributed by atoms with E-state index in [9.17, 15) is 9.59 Å². The number of nitrogens with zero attached hydrogens (tertiary/aromatic N) is 1. The average Bonchev–Trinajstić information content (AvgIpc) is 2.43. The van der Waals surface area contributed by atoms with Crippen molar-refractivity contribution in [2.45, 2.75) is 19.8 Å². The zero-order valence-electron chi connectivity index (χ0n) is 7.78. The fourth-order valence-electron chi connectivity index (χ4n) is 1.30. The molecule has 1 unspecified atom stereocenters. The summed E-state index contributed by atoms with van der Waals surface area (Å²) in [6, 6.07) is 0. The Hall–Kier alpha value is -0.770. The van der Waals surface area contributed by atoms with Gasteiger partial charge in [0.2, 0.25) is 0 Å². The van der Waals surface area contributed by atoms with Crippen LogP contribution in [0.3, 0.4) is 0 Å². The molecule has 72 valence electrons. The maximum atomic E-state index is 11.3. The fraction of sp³-hybridized carbons (Fsp3) is 0.556. The van der Waals surface area contributed by atoms with Gasteiger partial charge in [0, 0.05) is 12.8 Å². The number of carbonyl (C=O) groups is 2. The van der Waals surface area contributed by atoms with E-state index in [2.05, 4.69) is 6.58 Å². The van der Waals surface area contributed by atoms with Gasteiger partial charge >= 0.3 is 0 Å². The second-order valence-electron chi connectivity index (χ2n) is 2.79. The summed E-state index contributed by atoms with van der Waals surface area (Å²) >= 11 is -0.251. The van der Waals surface area contributed by atoms with Gasteiger partial charge in [0.15, 0.2) is 5.75 Å². The zero-order valence-corrected chi connectivity index (χ0v) is 8.60. The van der Waals surface area contributed by atoms with Gasteiger partial charge in [-0.15, -0.1) is 0 Å². The van der Waals surface area contributed by atoms with Crippen molar-refractivity contribution in [3.63, 3.8) is 0 Å². The summed E-state index contributed by atoms with van der Waals surface area (Å²) in [5, 5.41) is 0. The first-order valence-corrected chi connectivity index (χ1v) is 5.87. The topological polar surface area (TPSA) is 37.4 Å². The van der Waals surface area contributed by atoms with Gasteiger partial charge in [-0.2, -0.15) is 0 Å². The second kappa shape index (κ2) is 4.46. The third kappa shape index (κ3) is 2.12. The van der Waals surface area contributed by atoms with Crippen LogP contribution in [0, 0.1) is 0 Å². The molecule has 0 aromatic heterocycles. The van der Waals surface area contributed by atoms with Gasteiger partial charge in [-0.05, 0) is 13.0 Å². The van der Waals surface area contributed by atoms with Crippen LogP contribution in [-0.2, 0) is 20.7 Å². The molecule has 0 bridgehead atoms. The predicted molar refractivity (Wildman–Crippen MR) is 54.1 cm³/mol. The molecule has 1 rings (SSSR count). The molecule has 1 atom stereocenters. The third-order valence-corrected chi connectivity index (χ3v) is 4.12. The van der Waals surface area contributed by atoms with Gasteiger partial charge in [-0.25, -0.2) is 0 Å². The average molecular weight is 200 g/mol. The maximum absolute atomic E-state index is 11.3. The van der Waals surface area contributed by atoms with Crippen molar-refractivity contribution in [3.8, 4) is 0 Å². The highest BCUT2D eigenvalue weighted by Gasteiger charge is 2.41. The number of rotatable bonds is 4. The molecular formula is C9H14NO2S+. The lowest BCUT2D eigenvalue weighted by molar-refractivity contribution is -0.132. The summed E-state index contributed by atoms with van der Waals surface area (Å²) < 4.78 is 1.43. The van der Waals surface area contributed by atoms with E-state index in [1.807, 2.05) is 6.92 Å². The normalized spacial score (nSPS) is 19.3. The minimum Gasteiger partial charge on any atom is -0.270 e. The summed E-state index contributed by atoms with van der Waals surface area (Å²) in [6.07, 6.45) is 2.55. The highest BCUT2D eigenvalue weighted by molar-refractivity contribution is 7.95. The Balaban J connectivity index is 2.71. The lowest BCUT2D eigenvalue weighted by atomic mass is 10.4. The van der Waals surface area contributed by atoms with Gasteiger partial charge < -0.3 is 0 Å². The van der Waals surface area contributed by atoms with Crippen molar-refractivity contribution in [2.24, 2.45) is 0 Å². The molecule has 0 radical (unpaired) electrons. The van der Waals surface area contributed by atoms with Crippen molar-refractivity contribution < 1.29 is 9.59 Å². The Morgan fingerprint density at radius 1 is 1.46 bits per heavy atom. The van der Waals surface area contributed by atoms with Crippen LogP contribution >= 0.6 is 0 Å². The molecule has 13 heavy (non-hydrogen) atoms. The Labute approximate surface area is 81.3 Å². The molecule has 1 heterocycles. The molecule has 0 saturated carbocycles. The standard InChI is InChI=1S/C9H14NO2S/c1-3-7-13(4-2)10-8(11)5-6-9(10)12/h3H,1,4-7H2,2H3/q+1. The first kappa shape index (κ1) is 10.3. The zero-order chi connectivity index (χ0) is 9.84. The van der Waals surface area contributed by atoms with Gasteiger partial charge in [-0.3, -0.25) is 9.59 Å². The van der Waals surface area contributed by atoms with Crippen molar-refractivity contribution in [2.75, 3.05) is 11.5 Å². The Morgan fingerprint density at radius 2 is 2.00 bits per heavy atom. The summed E-state index contributed by atoms with van der Waals surface area (Å²) in [4.78, 5) is 22.7. The quantitative estimate of drug-likeness (QED) is 0.384. The van der Waals surface area contributed by atoms with E-state index >= 15 is 0 Å². The molecule has 0 spiro atoms. The van der Waals surface area contributed by atoms with Crippen molar-refractivity contribution in [3.05, 3.63) is 12.7 Å². The van der Waals surface area contributed by atoms with E-state index in [4.69, 9.17) is 0 Å². The van der Waals surface area contributed by atoms with Crippen LogP contribution in [0.5, 0.6) is 0 Å². The smallest absolute Gasteiger partial charge is 0.270 e. The Kier molecular flexibility index (Phi) is 3.54. The number of hydrogen-bond donors (Lipinski definition) is 0. The van der Waals surface area contributed by atoms with Gasteiger partial charge in [0.1, 0.15) is 16.8 Å². The lowest BCUT2D eigenvalue weighted by Gasteiger charge is -2.12. The van der Waals surface area contributed by atoms with Gasteiger partial charge in [0.25, 0.3) is 11.8 Å². The van der Waals surface area contributed by atoms with E-state index < -0.39 is 0 Å². The highest BCUT2D eigenvalue weighted by Crippen LogP contribution is 2.18. The fourth-order valence-corrected chi connectivity index (χ4v) is 2.98. The number of imide groups is 1. The molecular weight excluding hydrogens is 186 g/mol. The summed E-state index contributed by atoms with van der Waals surface area (Å²) in [5.41, 5.74) is 0. The van der Waals surface area contributed by atoms with E-state index in [0.717, 1.165) is 11.5 Å². The van der Waals surface area contributed by atoms with Crippen LogP contribution in [0.25, 0.3) is 0 Å². The molecule has 1 aliphatic rings. The van der Waals surface area contributed by atoms with E-state index in [-0.39, 0.29) is 22.9 Å². The first-order valence-electron chi connectivity index (χ1n) is 4.35. The third-order valence-electron chi connectivity index (χ3n) is 1.91. The molecule has 0 aliphatic carbocycles. The molecule has 1 aliphatic heterocycles. The minimum absolute atomic E-state index is 0.0166. The van der Waals surface area contributed by atoms with Crippen LogP contribution in [0.2, 0.25) is 0 Å². The maximum Gasteiger partial charge on any atom is 0.273 e. The Morgan fingerprint density at radius 3 is 2.38 bits per heavy atom. The van der Waals surface area contributed by atoms with E-state index in [1.54, 1.807) is 6.08 Å². The van der Waals surface area contributed by atoms with Crippen LogP contribution < -0.4 is 0 Å². The van der Waals surface area contributed by atoms with E-state index in [1.165, 1.54) is 4.31 Å². The number of carbonyl (C=O) groups excluding carboxylic acids is 2. The largest absolute Gasteiger partial charge is 0.273 e. The molecule has 1 fully saturated rings. The Bertz CT molecular complexity index is 224. The molecule has 0 aromatic rings. The SMILES string of the molecule is C=CC[S+](CC)N1C(=O)CCC1=O. The predicted octanol–water partition coefficient (Wildman–Crippen LogP) is 0.875. The lowest BCUT2D eigenvalue weighted by Crippen LogP contribution is -2.38. The summed E-state index contributed by atoms with van der Waals surface area (Å²) in [5.74, 6) is 1.53. The van der Waals surface area contributed by atoms with E-state index in [0.29, 0.717) is 12.8 Å². The monoisotopic (exact) mass is 200 g/mol. The van der Waals surface area contributed by atoms with Gasteiger partial charge in [0.05, 0.1) is 0 Å². The molecule has 2 amide bonds. The first-order chi connectivity index (χ1) is 6.20. The van der Waals surface area contributed by atoms with Crippen LogP contribution in [0.1, 0.15) is 19.8 Å². The molecule has 4 heteroatoms. The second-order valence-corrected chi connectivity index (χ2v) is 4.99. The molecule has 0 N–H and O–H groups in total. The van der Waals surface area contributed by atoms with Gasteiger partial charge in [-0.1, -0.05) is 10.9 Å². The summed E-state index contributed by atoms with van der Waals surface area (Å²) in [6.45, 7) is 5.62. The van der Waals surface area contributed by atoms with Crippen molar-refractivity contribution in [1.29, 1.82) is 0 Å². The van der Waals surface area contributed by atoms with Crippen LogP contribution in [0.4, 0.5) is 0 Å².